The number of hydrogen-bond acceptors (Lipinski definition) is 2. The van der Waals surface area contributed by atoms with E-state index in [2.05, 4.69) is 17.0 Å². The number of rotatable bonds is 11. The van der Waals surface area contributed by atoms with Crippen LogP contribution in [0.3, 0.4) is 0 Å². The van der Waals surface area contributed by atoms with Crippen LogP contribution in [0.1, 0.15) is 51.9 Å². The summed E-state index contributed by atoms with van der Waals surface area (Å²) < 4.78 is 40.1. The molecular formula is C13H26F3NO. The Labute approximate surface area is 108 Å². The maximum Gasteiger partial charge on any atom is 0.411 e. The Hall–Kier alpha value is -0.290. The molecule has 0 saturated carbocycles. The number of unbranched alkanes of at least 4 members (excludes halogenated alkanes) is 4. The molecule has 0 aliphatic rings. The summed E-state index contributed by atoms with van der Waals surface area (Å²) in [5.74, 6) is 0. The van der Waals surface area contributed by atoms with Gasteiger partial charge in [-0.15, -0.1) is 0 Å². The summed E-state index contributed by atoms with van der Waals surface area (Å²) in [6.07, 6.45) is 3.50. The van der Waals surface area contributed by atoms with E-state index in [4.69, 9.17) is 0 Å². The van der Waals surface area contributed by atoms with Gasteiger partial charge < -0.3 is 10.1 Å². The fourth-order valence-electron chi connectivity index (χ4n) is 1.84. The minimum Gasteiger partial charge on any atom is -0.372 e. The number of halogens is 3. The molecule has 0 rings (SSSR count). The molecule has 0 saturated heterocycles. The number of ether oxygens (including phenoxy) is 1. The highest BCUT2D eigenvalue weighted by atomic mass is 19.4. The molecule has 1 unspecified atom stereocenters. The van der Waals surface area contributed by atoms with Crippen LogP contribution in [0.2, 0.25) is 0 Å². The summed E-state index contributed by atoms with van der Waals surface area (Å²) in [4.78, 5) is 0. The molecule has 0 amide bonds. The van der Waals surface area contributed by atoms with Gasteiger partial charge in [-0.05, 0) is 19.9 Å². The van der Waals surface area contributed by atoms with Crippen molar-refractivity contribution in [1.29, 1.82) is 0 Å². The summed E-state index contributed by atoms with van der Waals surface area (Å²) in [6, 6.07) is 0.264. The highest BCUT2D eigenvalue weighted by molar-refractivity contribution is 4.64. The minimum atomic E-state index is -4.21. The first-order valence-corrected chi connectivity index (χ1v) is 6.81. The van der Waals surface area contributed by atoms with Crippen molar-refractivity contribution in [3.8, 4) is 0 Å². The first-order valence-electron chi connectivity index (χ1n) is 6.81. The highest BCUT2D eigenvalue weighted by Gasteiger charge is 2.27. The first kappa shape index (κ1) is 17.7. The molecule has 0 aromatic carbocycles. The van der Waals surface area contributed by atoms with Crippen LogP contribution in [-0.4, -0.2) is 32.5 Å². The van der Waals surface area contributed by atoms with E-state index in [0.29, 0.717) is 6.42 Å². The average molecular weight is 269 g/mol. The second-order valence-electron chi connectivity index (χ2n) is 4.64. The van der Waals surface area contributed by atoms with Gasteiger partial charge in [-0.2, -0.15) is 13.2 Å². The third-order valence-corrected chi connectivity index (χ3v) is 2.94. The van der Waals surface area contributed by atoms with Gasteiger partial charge in [-0.25, -0.2) is 0 Å². The van der Waals surface area contributed by atoms with Crippen LogP contribution in [0.25, 0.3) is 0 Å². The zero-order chi connectivity index (χ0) is 13.9. The van der Waals surface area contributed by atoms with E-state index in [-0.39, 0.29) is 12.6 Å². The zero-order valence-corrected chi connectivity index (χ0v) is 11.5. The Kier molecular flexibility index (Phi) is 10.4. The van der Waals surface area contributed by atoms with Crippen molar-refractivity contribution >= 4 is 0 Å². The third kappa shape index (κ3) is 12.2. The predicted molar refractivity (Wildman–Crippen MR) is 67.7 cm³/mol. The van der Waals surface area contributed by atoms with Gasteiger partial charge in [0.1, 0.15) is 6.61 Å². The molecule has 2 nitrogen and oxygen atoms in total. The quantitative estimate of drug-likeness (QED) is 0.574. The van der Waals surface area contributed by atoms with Gasteiger partial charge in [-0.1, -0.05) is 39.0 Å². The molecule has 0 aliphatic heterocycles. The van der Waals surface area contributed by atoms with Gasteiger partial charge in [0, 0.05) is 12.6 Å². The molecule has 0 aromatic heterocycles. The third-order valence-electron chi connectivity index (χ3n) is 2.94. The maximum atomic E-state index is 11.8. The van der Waals surface area contributed by atoms with Gasteiger partial charge in [0.25, 0.3) is 0 Å². The highest BCUT2D eigenvalue weighted by Crippen LogP contribution is 2.15. The summed E-state index contributed by atoms with van der Waals surface area (Å²) in [7, 11) is 1.85. The van der Waals surface area contributed by atoms with Gasteiger partial charge in [0.05, 0.1) is 0 Å². The smallest absolute Gasteiger partial charge is 0.372 e. The van der Waals surface area contributed by atoms with Gasteiger partial charge in [0.2, 0.25) is 0 Å². The molecule has 0 radical (unpaired) electrons. The zero-order valence-electron chi connectivity index (χ0n) is 11.5. The molecule has 1 N–H and O–H groups in total. The standard InChI is InChI=1S/C13H26F3NO/c1-3-4-5-6-7-8-12(17-2)9-10-18-11-13(14,15)16/h12,17H,3-11H2,1-2H3. The lowest BCUT2D eigenvalue weighted by atomic mass is 10.0. The summed E-state index contributed by atoms with van der Waals surface area (Å²) in [5, 5.41) is 3.13. The SMILES string of the molecule is CCCCCCCC(CCOCC(F)(F)F)NC. The molecule has 110 valence electrons. The molecular weight excluding hydrogens is 243 g/mol. The average Bonchev–Trinajstić information content (AvgIpc) is 2.30. The van der Waals surface area contributed by atoms with Crippen molar-refractivity contribution < 1.29 is 17.9 Å². The van der Waals surface area contributed by atoms with E-state index >= 15 is 0 Å². The van der Waals surface area contributed by atoms with Crippen LogP contribution in [0, 0.1) is 0 Å². The topological polar surface area (TPSA) is 21.3 Å². The molecule has 0 bridgehead atoms. The van der Waals surface area contributed by atoms with Crippen molar-refractivity contribution in [2.45, 2.75) is 64.1 Å². The molecule has 0 spiro atoms. The fraction of sp³-hybridized carbons (Fsp3) is 1.00. The molecule has 18 heavy (non-hydrogen) atoms. The number of alkyl halides is 3. The molecule has 0 aliphatic carbocycles. The molecule has 0 heterocycles. The van der Waals surface area contributed by atoms with Crippen molar-refractivity contribution in [1.82, 2.24) is 5.32 Å². The first-order chi connectivity index (χ1) is 8.49. The van der Waals surface area contributed by atoms with E-state index < -0.39 is 12.8 Å². The van der Waals surface area contributed by atoms with Crippen LogP contribution < -0.4 is 5.32 Å². The van der Waals surface area contributed by atoms with Crippen molar-refractivity contribution in [2.24, 2.45) is 0 Å². The Bertz CT molecular complexity index is 186. The second kappa shape index (κ2) is 10.6. The number of hydrogen-bond donors (Lipinski definition) is 1. The lowest BCUT2D eigenvalue weighted by Crippen LogP contribution is -2.27. The molecule has 1 atom stereocenters. The van der Waals surface area contributed by atoms with E-state index in [1.807, 2.05) is 7.05 Å². The summed E-state index contributed by atoms with van der Waals surface area (Å²) >= 11 is 0. The number of nitrogens with one attached hydrogen (secondary N) is 1. The van der Waals surface area contributed by atoms with E-state index in [1.54, 1.807) is 0 Å². The van der Waals surface area contributed by atoms with Crippen molar-refractivity contribution in [2.75, 3.05) is 20.3 Å². The normalized spacial score (nSPS) is 13.8. The van der Waals surface area contributed by atoms with Crippen molar-refractivity contribution in [3.05, 3.63) is 0 Å². The van der Waals surface area contributed by atoms with Gasteiger partial charge in [0.15, 0.2) is 0 Å². The lowest BCUT2D eigenvalue weighted by molar-refractivity contribution is -0.174. The van der Waals surface area contributed by atoms with Crippen LogP contribution in [0.15, 0.2) is 0 Å². The largest absolute Gasteiger partial charge is 0.411 e. The Morgan fingerprint density at radius 2 is 1.72 bits per heavy atom. The van der Waals surface area contributed by atoms with Crippen molar-refractivity contribution in [3.63, 3.8) is 0 Å². The lowest BCUT2D eigenvalue weighted by Gasteiger charge is -2.16. The van der Waals surface area contributed by atoms with Crippen LogP contribution in [0.4, 0.5) is 13.2 Å². The molecule has 5 heteroatoms. The monoisotopic (exact) mass is 269 g/mol. The maximum absolute atomic E-state index is 11.8. The summed E-state index contributed by atoms with van der Waals surface area (Å²) in [5.41, 5.74) is 0. The Morgan fingerprint density at radius 3 is 2.28 bits per heavy atom. The fourth-order valence-corrected chi connectivity index (χ4v) is 1.84. The van der Waals surface area contributed by atoms with E-state index in [1.165, 1.54) is 25.7 Å². The minimum absolute atomic E-state index is 0.167. The van der Waals surface area contributed by atoms with E-state index in [0.717, 1.165) is 12.8 Å². The van der Waals surface area contributed by atoms with Crippen LogP contribution >= 0.6 is 0 Å². The van der Waals surface area contributed by atoms with Crippen LogP contribution in [0.5, 0.6) is 0 Å². The van der Waals surface area contributed by atoms with Gasteiger partial charge >= 0.3 is 6.18 Å². The van der Waals surface area contributed by atoms with Gasteiger partial charge in [-0.3, -0.25) is 0 Å². The van der Waals surface area contributed by atoms with Crippen LogP contribution in [-0.2, 0) is 4.74 Å². The molecule has 0 fully saturated rings. The Balaban J connectivity index is 3.46. The Morgan fingerprint density at radius 1 is 1.06 bits per heavy atom. The molecule has 0 aromatic rings. The second-order valence-corrected chi connectivity index (χ2v) is 4.64. The van der Waals surface area contributed by atoms with E-state index in [9.17, 15) is 13.2 Å². The summed E-state index contributed by atoms with van der Waals surface area (Å²) in [6.45, 7) is 1.20. The predicted octanol–water partition coefficient (Wildman–Crippen LogP) is 3.90.